The number of benzene rings is 1. The molecular formula is C13H17ClO3. The van der Waals surface area contributed by atoms with Crippen molar-refractivity contribution < 1.29 is 14.3 Å². The van der Waals surface area contributed by atoms with Crippen molar-refractivity contribution in [3.05, 3.63) is 22.7 Å². The van der Waals surface area contributed by atoms with Gasteiger partial charge in [-0.25, -0.2) is 0 Å². The van der Waals surface area contributed by atoms with Gasteiger partial charge in [0.15, 0.2) is 17.3 Å². The second-order valence-electron chi connectivity index (χ2n) is 4.77. The number of carbonyl (C=O) groups is 1. The molecule has 0 saturated carbocycles. The van der Waals surface area contributed by atoms with E-state index in [1.165, 1.54) is 14.2 Å². The lowest BCUT2D eigenvalue weighted by atomic mass is 9.86. The van der Waals surface area contributed by atoms with Crippen molar-refractivity contribution in [2.75, 3.05) is 14.2 Å². The Morgan fingerprint density at radius 2 is 1.59 bits per heavy atom. The van der Waals surface area contributed by atoms with Crippen molar-refractivity contribution in [3.8, 4) is 11.5 Å². The third-order valence-corrected chi connectivity index (χ3v) is 2.71. The van der Waals surface area contributed by atoms with E-state index < -0.39 is 5.41 Å². The molecule has 0 aliphatic heterocycles. The molecule has 0 bridgehead atoms. The highest BCUT2D eigenvalue weighted by molar-refractivity contribution is 6.34. The zero-order valence-corrected chi connectivity index (χ0v) is 11.5. The summed E-state index contributed by atoms with van der Waals surface area (Å²) in [6, 6.07) is 3.22. The Hall–Kier alpha value is -1.22. The molecule has 0 aliphatic rings. The van der Waals surface area contributed by atoms with Gasteiger partial charge in [0.1, 0.15) is 0 Å². The molecule has 0 heterocycles. The minimum absolute atomic E-state index is 0.0246. The molecule has 4 heteroatoms. The molecule has 0 unspecified atom stereocenters. The van der Waals surface area contributed by atoms with Gasteiger partial charge in [0, 0.05) is 17.0 Å². The van der Waals surface area contributed by atoms with Gasteiger partial charge in [-0.15, -0.1) is 0 Å². The van der Waals surface area contributed by atoms with Crippen LogP contribution in [0.5, 0.6) is 11.5 Å². The number of ketones is 1. The van der Waals surface area contributed by atoms with Gasteiger partial charge in [-0.1, -0.05) is 32.4 Å². The SMILES string of the molecule is COc1cc(Cl)c(C(=O)C(C)(C)C)cc1OC. The van der Waals surface area contributed by atoms with Gasteiger partial charge >= 0.3 is 0 Å². The highest BCUT2D eigenvalue weighted by atomic mass is 35.5. The summed E-state index contributed by atoms with van der Waals surface area (Å²) in [5, 5.41) is 0.377. The minimum atomic E-state index is -0.483. The van der Waals surface area contributed by atoms with Crippen molar-refractivity contribution in [2.45, 2.75) is 20.8 Å². The fourth-order valence-electron chi connectivity index (χ4n) is 1.43. The molecule has 1 aromatic carbocycles. The van der Waals surface area contributed by atoms with E-state index in [0.717, 1.165) is 0 Å². The van der Waals surface area contributed by atoms with E-state index in [-0.39, 0.29) is 5.78 Å². The largest absolute Gasteiger partial charge is 0.493 e. The van der Waals surface area contributed by atoms with E-state index in [2.05, 4.69) is 0 Å². The zero-order chi connectivity index (χ0) is 13.2. The summed E-state index contributed by atoms with van der Waals surface area (Å²) in [7, 11) is 3.05. The predicted octanol–water partition coefficient (Wildman–Crippen LogP) is 3.59. The lowest BCUT2D eigenvalue weighted by molar-refractivity contribution is 0.0858. The molecule has 0 N–H and O–H groups in total. The topological polar surface area (TPSA) is 35.5 Å². The van der Waals surface area contributed by atoms with Crippen LogP contribution in [0.15, 0.2) is 12.1 Å². The molecule has 0 amide bonds. The molecule has 1 aromatic rings. The van der Waals surface area contributed by atoms with Crippen molar-refractivity contribution >= 4 is 17.4 Å². The molecule has 0 saturated heterocycles. The monoisotopic (exact) mass is 256 g/mol. The number of hydrogen-bond acceptors (Lipinski definition) is 3. The summed E-state index contributed by atoms with van der Waals surface area (Å²) in [4.78, 5) is 12.2. The van der Waals surface area contributed by atoms with Crippen LogP contribution in [0.4, 0.5) is 0 Å². The highest BCUT2D eigenvalue weighted by Gasteiger charge is 2.26. The predicted molar refractivity (Wildman–Crippen MR) is 68.3 cm³/mol. The molecule has 0 aromatic heterocycles. The third kappa shape index (κ3) is 2.91. The van der Waals surface area contributed by atoms with E-state index in [9.17, 15) is 4.79 Å². The fraction of sp³-hybridized carbons (Fsp3) is 0.462. The van der Waals surface area contributed by atoms with E-state index in [1.807, 2.05) is 20.8 Å². The first-order valence-corrected chi connectivity index (χ1v) is 5.65. The maximum Gasteiger partial charge on any atom is 0.169 e. The van der Waals surface area contributed by atoms with Crippen LogP contribution >= 0.6 is 11.6 Å². The minimum Gasteiger partial charge on any atom is -0.493 e. The summed E-state index contributed by atoms with van der Waals surface area (Å²) in [5.41, 5.74) is -0.0275. The van der Waals surface area contributed by atoms with Gasteiger partial charge < -0.3 is 9.47 Å². The van der Waals surface area contributed by atoms with Crippen LogP contribution in [0.2, 0.25) is 5.02 Å². The first-order valence-electron chi connectivity index (χ1n) is 5.27. The van der Waals surface area contributed by atoms with E-state index >= 15 is 0 Å². The van der Waals surface area contributed by atoms with Gasteiger partial charge in [-0.3, -0.25) is 4.79 Å². The molecule has 0 radical (unpaired) electrons. The Kier molecular flexibility index (Phi) is 4.04. The average molecular weight is 257 g/mol. The van der Waals surface area contributed by atoms with E-state index in [1.54, 1.807) is 12.1 Å². The van der Waals surface area contributed by atoms with Gasteiger partial charge in [-0.05, 0) is 6.07 Å². The normalized spacial score (nSPS) is 11.2. The Bertz CT molecular complexity index is 433. The van der Waals surface area contributed by atoms with Crippen molar-refractivity contribution in [1.82, 2.24) is 0 Å². The van der Waals surface area contributed by atoms with E-state index in [0.29, 0.717) is 22.1 Å². The first-order chi connectivity index (χ1) is 7.81. The van der Waals surface area contributed by atoms with Crippen LogP contribution in [-0.2, 0) is 0 Å². The maximum absolute atomic E-state index is 12.2. The molecule has 94 valence electrons. The second-order valence-corrected chi connectivity index (χ2v) is 5.17. The molecular weight excluding hydrogens is 240 g/mol. The van der Waals surface area contributed by atoms with Crippen molar-refractivity contribution in [2.24, 2.45) is 5.41 Å². The van der Waals surface area contributed by atoms with Crippen LogP contribution in [0.1, 0.15) is 31.1 Å². The first kappa shape index (κ1) is 13.8. The maximum atomic E-state index is 12.2. The zero-order valence-electron chi connectivity index (χ0n) is 10.8. The summed E-state index contributed by atoms with van der Waals surface area (Å²) < 4.78 is 10.3. The average Bonchev–Trinajstić information content (AvgIpc) is 2.26. The van der Waals surface area contributed by atoms with Crippen molar-refractivity contribution in [3.63, 3.8) is 0 Å². The number of ether oxygens (including phenoxy) is 2. The van der Waals surface area contributed by atoms with Crippen LogP contribution in [0.3, 0.4) is 0 Å². The summed E-state index contributed by atoms with van der Waals surface area (Å²) in [6.45, 7) is 5.55. The summed E-state index contributed by atoms with van der Waals surface area (Å²) >= 11 is 6.08. The van der Waals surface area contributed by atoms with Crippen LogP contribution in [-0.4, -0.2) is 20.0 Å². The van der Waals surface area contributed by atoms with Gasteiger partial charge in [0.05, 0.1) is 19.2 Å². The molecule has 0 fully saturated rings. The Labute approximate surface area is 107 Å². The standard InChI is InChI=1S/C13H17ClO3/c1-13(2,3)12(15)8-6-10(16-4)11(17-5)7-9(8)14/h6-7H,1-5H3. The second kappa shape index (κ2) is 4.96. The smallest absolute Gasteiger partial charge is 0.169 e. The Morgan fingerprint density at radius 3 is 2.00 bits per heavy atom. The summed E-state index contributed by atoms with van der Waals surface area (Å²) in [5.74, 6) is 0.996. The number of hydrogen-bond donors (Lipinski definition) is 0. The lowest BCUT2D eigenvalue weighted by Crippen LogP contribution is -2.20. The summed E-state index contributed by atoms with van der Waals surface area (Å²) in [6.07, 6.45) is 0. The van der Waals surface area contributed by atoms with Gasteiger partial charge in [0.2, 0.25) is 0 Å². The third-order valence-electron chi connectivity index (χ3n) is 2.40. The molecule has 3 nitrogen and oxygen atoms in total. The Balaban J connectivity index is 3.31. The molecule has 0 spiro atoms. The number of Topliss-reactive ketones (excluding diaryl/α,β-unsaturated/α-hetero) is 1. The number of rotatable bonds is 3. The van der Waals surface area contributed by atoms with Crippen LogP contribution in [0.25, 0.3) is 0 Å². The Morgan fingerprint density at radius 1 is 1.12 bits per heavy atom. The molecule has 0 atom stereocenters. The lowest BCUT2D eigenvalue weighted by Gasteiger charge is -2.18. The molecule has 1 rings (SSSR count). The number of methoxy groups -OCH3 is 2. The fourth-order valence-corrected chi connectivity index (χ4v) is 1.67. The number of carbonyl (C=O) groups excluding carboxylic acids is 1. The van der Waals surface area contributed by atoms with Crippen LogP contribution < -0.4 is 9.47 Å². The van der Waals surface area contributed by atoms with Crippen LogP contribution in [0, 0.1) is 5.41 Å². The molecule has 17 heavy (non-hydrogen) atoms. The molecule has 0 aliphatic carbocycles. The van der Waals surface area contributed by atoms with E-state index in [4.69, 9.17) is 21.1 Å². The highest BCUT2D eigenvalue weighted by Crippen LogP contribution is 2.35. The van der Waals surface area contributed by atoms with Gasteiger partial charge in [-0.2, -0.15) is 0 Å². The quantitative estimate of drug-likeness (QED) is 0.776. The van der Waals surface area contributed by atoms with Gasteiger partial charge in [0.25, 0.3) is 0 Å². The van der Waals surface area contributed by atoms with Crippen molar-refractivity contribution in [1.29, 1.82) is 0 Å². The number of halogens is 1.